The molecule has 3 aromatic rings. The lowest BCUT2D eigenvalue weighted by Crippen LogP contribution is -1.93. The third-order valence-corrected chi connectivity index (χ3v) is 4.12. The van der Waals surface area contributed by atoms with E-state index < -0.39 is 5.82 Å². The maximum Gasteiger partial charge on any atom is 0.146 e. The van der Waals surface area contributed by atoms with Gasteiger partial charge in [0.2, 0.25) is 0 Å². The number of hydrogen-bond donors (Lipinski definition) is 1. The lowest BCUT2D eigenvalue weighted by molar-refractivity contribution is 0.628. The van der Waals surface area contributed by atoms with E-state index in [-0.39, 0.29) is 17.1 Å². The molecule has 0 spiro atoms. The highest BCUT2D eigenvalue weighted by atomic mass is 32.1. The van der Waals surface area contributed by atoms with Crippen LogP contribution >= 0.6 is 11.3 Å². The molecule has 0 amide bonds. The molecule has 0 saturated carbocycles. The number of allylic oxidation sites excluding steroid dienone is 1. The molecule has 6 heteroatoms. The van der Waals surface area contributed by atoms with Crippen molar-refractivity contribution < 1.29 is 8.78 Å². The first-order chi connectivity index (χ1) is 11.7. The number of rotatable bonds is 4. The fourth-order valence-corrected chi connectivity index (χ4v) is 2.82. The SMILES string of the molecule is N#C/C(=C/Nc1ccccc1F)c1nc(-c2ccc(F)cc2)cs1. The number of anilines is 1. The van der Waals surface area contributed by atoms with Gasteiger partial charge >= 0.3 is 0 Å². The van der Waals surface area contributed by atoms with Gasteiger partial charge in [-0.15, -0.1) is 11.3 Å². The minimum absolute atomic E-state index is 0.278. The van der Waals surface area contributed by atoms with Crippen LogP contribution in [0.3, 0.4) is 0 Å². The van der Waals surface area contributed by atoms with Gasteiger partial charge < -0.3 is 5.32 Å². The molecule has 2 aromatic carbocycles. The van der Waals surface area contributed by atoms with Gasteiger partial charge in [0.05, 0.1) is 11.4 Å². The highest BCUT2D eigenvalue weighted by molar-refractivity contribution is 7.11. The predicted octanol–water partition coefficient (Wildman–Crippen LogP) is 5.06. The van der Waals surface area contributed by atoms with Crippen LogP contribution in [0.4, 0.5) is 14.5 Å². The molecule has 0 aliphatic rings. The number of para-hydroxylation sites is 1. The maximum atomic E-state index is 13.6. The van der Waals surface area contributed by atoms with Crippen LogP contribution in [0.5, 0.6) is 0 Å². The zero-order chi connectivity index (χ0) is 16.9. The van der Waals surface area contributed by atoms with Crippen LogP contribution in [0.25, 0.3) is 16.8 Å². The average Bonchev–Trinajstić information content (AvgIpc) is 3.07. The van der Waals surface area contributed by atoms with E-state index in [4.69, 9.17) is 0 Å². The van der Waals surface area contributed by atoms with Crippen LogP contribution in [0, 0.1) is 23.0 Å². The largest absolute Gasteiger partial charge is 0.358 e. The topological polar surface area (TPSA) is 48.7 Å². The van der Waals surface area contributed by atoms with E-state index in [1.807, 2.05) is 6.07 Å². The van der Waals surface area contributed by atoms with Crippen LogP contribution in [0.2, 0.25) is 0 Å². The van der Waals surface area contributed by atoms with Crippen molar-refractivity contribution in [3.05, 3.63) is 76.8 Å². The van der Waals surface area contributed by atoms with Crippen molar-refractivity contribution in [3.8, 4) is 17.3 Å². The summed E-state index contributed by atoms with van der Waals surface area (Å²) in [7, 11) is 0. The van der Waals surface area contributed by atoms with E-state index in [0.717, 1.165) is 5.56 Å². The molecule has 24 heavy (non-hydrogen) atoms. The zero-order valence-corrected chi connectivity index (χ0v) is 13.1. The summed E-state index contributed by atoms with van der Waals surface area (Å²) in [4.78, 5) is 4.39. The fourth-order valence-electron chi connectivity index (χ4n) is 2.02. The van der Waals surface area contributed by atoms with Crippen LogP contribution < -0.4 is 5.32 Å². The molecule has 1 heterocycles. The lowest BCUT2D eigenvalue weighted by atomic mass is 10.2. The van der Waals surface area contributed by atoms with Gasteiger partial charge in [-0.2, -0.15) is 5.26 Å². The quantitative estimate of drug-likeness (QED) is 0.676. The number of benzene rings is 2. The second kappa shape index (κ2) is 7.02. The summed E-state index contributed by atoms with van der Waals surface area (Å²) in [6.07, 6.45) is 1.42. The molecule has 0 aliphatic heterocycles. The summed E-state index contributed by atoms with van der Waals surface area (Å²) in [6.45, 7) is 0. The molecule has 1 aromatic heterocycles. The van der Waals surface area contributed by atoms with Crippen molar-refractivity contribution in [1.29, 1.82) is 5.26 Å². The third-order valence-electron chi connectivity index (χ3n) is 3.24. The Bertz CT molecular complexity index is 924. The normalized spacial score (nSPS) is 11.1. The molecular weight excluding hydrogens is 328 g/mol. The molecule has 0 saturated heterocycles. The Labute approximate surface area is 141 Å². The summed E-state index contributed by atoms with van der Waals surface area (Å²) < 4.78 is 26.6. The summed E-state index contributed by atoms with van der Waals surface area (Å²) in [5.41, 5.74) is 1.98. The Hall–Kier alpha value is -3.04. The van der Waals surface area contributed by atoms with Crippen molar-refractivity contribution >= 4 is 22.6 Å². The van der Waals surface area contributed by atoms with Crippen LogP contribution in [-0.4, -0.2) is 4.98 Å². The average molecular weight is 339 g/mol. The molecule has 0 bridgehead atoms. The maximum absolute atomic E-state index is 13.6. The zero-order valence-electron chi connectivity index (χ0n) is 12.3. The summed E-state index contributed by atoms with van der Waals surface area (Å²) in [5.74, 6) is -0.724. The molecule has 0 aliphatic carbocycles. The van der Waals surface area contributed by atoms with Gasteiger partial charge in [-0.05, 0) is 36.4 Å². The van der Waals surface area contributed by atoms with Gasteiger partial charge in [-0.25, -0.2) is 13.8 Å². The predicted molar refractivity (Wildman–Crippen MR) is 91.1 cm³/mol. The van der Waals surface area contributed by atoms with Crippen molar-refractivity contribution in [2.45, 2.75) is 0 Å². The molecular formula is C18H11F2N3S. The summed E-state index contributed by atoms with van der Waals surface area (Å²) >= 11 is 1.29. The van der Waals surface area contributed by atoms with Gasteiger partial charge in [-0.1, -0.05) is 12.1 Å². The molecule has 118 valence electrons. The first-order valence-corrected chi connectivity index (χ1v) is 7.88. The highest BCUT2D eigenvalue weighted by Crippen LogP contribution is 2.26. The van der Waals surface area contributed by atoms with Crippen molar-refractivity contribution in [2.24, 2.45) is 0 Å². The molecule has 3 nitrogen and oxygen atoms in total. The molecule has 3 rings (SSSR count). The minimum atomic E-state index is -0.405. The lowest BCUT2D eigenvalue weighted by Gasteiger charge is -2.02. The van der Waals surface area contributed by atoms with Crippen molar-refractivity contribution in [2.75, 3.05) is 5.32 Å². The van der Waals surface area contributed by atoms with Crippen LogP contribution in [0.15, 0.2) is 60.1 Å². The first-order valence-electron chi connectivity index (χ1n) is 7.00. The number of nitriles is 1. The minimum Gasteiger partial charge on any atom is -0.358 e. The van der Waals surface area contributed by atoms with E-state index in [0.29, 0.717) is 10.7 Å². The molecule has 0 unspecified atom stereocenters. The van der Waals surface area contributed by atoms with E-state index >= 15 is 0 Å². The first kappa shape index (κ1) is 15.8. The van der Waals surface area contributed by atoms with Gasteiger partial charge in [-0.3, -0.25) is 0 Å². The number of thiazole rings is 1. The van der Waals surface area contributed by atoms with Gasteiger partial charge in [0.15, 0.2) is 0 Å². The van der Waals surface area contributed by atoms with Crippen molar-refractivity contribution in [3.63, 3.8) is 0 Å². The fraction of sp³-hybridized carbons (Fsp3) is 0. The smallest absolute Gasteiger partial charge is 0.146 e. The number of halogens is 2. The Morgan fingerprint density at radius 2 is 1.88 bits per heavy atom. The Balaban J connectivity index is 1.84. The second-order valence-corrected chi connectivity index (χ2v) is 5.70. The monoisotopic (exact) mass is 339 g/mol. The number of nitrogens with zero attached hydrogens (tertiary/aromatic N) is 2. The van der Waals surface area contributed by atoms with E-state index in [1.165, 1.54) is 35.7 Å². The molecule has 0 fully saturated rings. The van der Waals surface area contributed by atoms with Crippen LogP contribution in [0.1, 0.15) is 5.01 Å². The summed E-state index contributed by atoms with van der Waals surface area (Å²) in [5, 5.41) is 14.4. The molecule has 1 N–H and O–H groups in total. The van der Waals surface area contributed by atoms with Gasteiger partial charge in [0.25, 0.3) is 0 Å². The number of aromatic nitrogens is 1. The van der Waals surface area contributed by atoms with E-state index in [1.54, 1.807) is 35.7 Å². The van der Waals surface area contributed by atoms with Gasteiger partial charge in [0.1, 0.15) is 28.3 Å². The second-order valence-electron chi connectivity index (χ2n) is 4.84. The third kappa shape index (κ3) is 3.47. The Morgan fingerprint density at radius 3 is 2.58 bits per heavy atom. The standard InChI is InChI=1S/C18H11F2N3S/c19-14-7-5-12(6-8-14)17-11-24-18(23-17)13(9-21)10-22-16-4-2-1-3-15(16)20/h1-8,10-11,22H/b13-10-. The Kier molecular flexibility index (Phi) is 4.64. The van der Waals surface area contributed by atoms with Crippen LogP contribution in [-0.2, 0) is 0 Å². The van der Waals surface area contributed by atoms with Gasteiger partial charge in [0, 0.05) is 17.1 Å². The van der Waals surface area contributed by atoms with E-state index in [9.17, 15) is 14.0 Å². The number of hydrogen-bond acceptors (Lipinski definition) is 4. The Morgan fingerprint density at radius 1 is 1.12 bits per heavy atom. The highest BCUT2D eigenvalue weighted by Gasteiger charge is 2.09. The van der Waals surface area contributed by atoms with E-state index in [2.05, 4.69) is 10.3 Å². The molecule has 0 radical (unpaired) electrons. The van der Waals surface area contributed by atoms with Crippen molar-refractivity contribution in [1.82, 2.24) is 4.98 Å². The molecule has 0 atom stereocenters. The number of nitrogens with one attached hydrogen (secondary N) is 1. The summed E-state index contributed by atoms with van der Waals surface area (Å²) in [6, 6.07) is 14.2.